The maximum atomic E-state index is 12.0. The van der Waals surface area contributed by atoms with Crippen LogP contribution in [-0.4, -0.2) is 28.9 Å². The first-order chi connectivity index (χ1) is 7.03. The van der Waals surface area contributed by atoms with Gasteiger partial charge >= 0.3 is 0 Å². The molecule has 1 unspecified atom stereocenters. The highest BCUT2D eigenvalue weighted by molar-refractivity contribution is 7.98. The Kier molecular flexibility index (Phi) is 4.40. The summed E-state index contributed by atoms with van der Waals surface area (Å²) in [5.74, 6) is 0.932. The molecule has 1 atom stereocenters. The Morgan fingerprint density at radius 1 is 1.67 bits per heavy atom. The molecule has 5 heteroatoms. The monoisotopic (exact) mass is 246 g/mol. The Bertz CT molecular complexity index is 264. The second-order valence-corrected chi connectivity index (χ2v) is 5.48. The number of hydrogen-bond acceptors (Lipinski definition) is 3. The first-order valence-corrected chi connectivity index (χ1v) is 6.93. The Labute approximate surface area is 101 Å². The number of amides is 1. The topological polar surface area (TPSA) is 55.1 Å². The number of carbonyl (C=O) groups excluding carboxylic acids is 1. The summed E-state index contributed by atoms with van der Waals surface area (Å²) in [5, 5.41) is 2.98. The van der Waals surface area contributed by atoms with Crippen LogP contribution in [0, 0.1) is 5.41 Å². The van der Waals surface area contributed by atoms with Crippen LogP contribution in [0.15, 0.2) is 0 Å². The van der Waals surface area contributed by atoms with Gasteiger partial charge in [-0.3, -0.25) is 4.79 Å². The number of thioether (sulfide) groups is 1. The summed E-state index contributed by atoms with van der Waals surface area (Å²) >= 11 is 6.70. The third-order valence-corrected chi connectivity index (χ3v) is 4.13. The SMILES string of the molecule is CSCC(C)NC(=O)C1(C(N)=S)CCC1. The van der Waals surface area contributed by atoms with Crippen LogP contribution in [0.4, 0.5) is 0 Å². The quantitative estimate of drug-likeness (QED) is 0.718. The van der Waals surface area contributed by atoms with Gasteiger partial charge in [0, 0.05) is 11.8 Å². The molecule has 0 saturated heterocycles. The minimum absolute atomic E-state index is 0.0165. The highest BCUT2D eigenvalue weighted by atomic mass is 32.2. The lowest BCUT2D eigenvalue weighted by atomic mass is 9.68. The molecule has 0 spiro atoms. The van der Waals surface area contributed by atoms with Crippen molar-refractivity contribution in [1.82, 2.24) is 5.32 Å². The zero-order chi connectivity index (χ0) is 11.5. The van der Waals surface area contributed by atoms with Gasteiger partial charge in [-0.05, 0) is 26.0 Å². The predicted octanol–water partition coefficient (Wildman–Crippen LogP) is 1.31. The van der Waals surface area contributed by atoms with E-state index < -0.39 is 5.41 Å². The van der Waals surface area contributed by atoms with Crippen LogP contribution in [0.1, 0.15) is 26.2 Å². The summed E-state index contributed by atoms with van der Waals surface area (Å²) < 4.78 is 0. The van der Waals surface area contributed by atoms with Gasteiger partial charge in [0.05, 0.1) is 10.4 Å². The van der Waals surface area contributed by atoms with Crippen molar-refractivity contribution < 1.29 is 4.79 Å². The maximum Gasteiger partial charge on any atom is 0.233 e. The molecule has 0 aromatic carbocycles. The van der Waals surface area contributed by atoms with Crippen LogP contribution >= 0.6 is 24.0 Å². The molecule has 1 rings (SSSR count). The first kappa shape index (κ1) is 12.8. The fourth-order valence-electron chi connectivity index (χ4n) is 1.77. The van der Waals surface area contributed by atoms with E-state index in [0.29, 0.717) is 4.99 Å². The lowest BCUT2D eigenvalue weighted by Gasteiger charge is -2.39. The molecule has 0 heterocycles. The smallest absolute Gasteiger partial charge is 0.233 e. The van der Waals surface area contributed by atoms with Crippen molar-refractivity contribution in [2.24, 2.45) is 11.1 Å². The molecule has 0 aromatic heterocycles. The van der Waals surface area contributed by atoms with Crippen LogP contribution < -0.4 is 11.1 Å². The van der Waals surface area contributed by atoms with E-state index >= 15 is 0 Å². The zero-order valence-corrected chi connectivity index (χ0v) is 10.8. The summed E-state index contributed by atoms with van der Waals surface area (Å²) in [4.78, 5) is 12.3. The molecule has 3 N–H and O–H groups in total. The summed E-state index contributed by atoms with van der Waals surface area (Å²) in [6.45, 7) is 2.00. The molecule has 0 aliphatic heterocycles. The second kappa shape index (κ2) is 5.16. The van der Waals surface area contributed by atoms with E-state index in [9.17, 15) is 4.79 Å². The molecule has 3 nitrogen and oxygen atoms in total. The average molecular weight is 246 g/mol. The Balaban J connectivity index is 2.55. The van der Waals surface area contributed by atoms with Crippen molar-refractivity contribution in [3.8, 4) is 0 Å². The lowest BCUT2D eigenvalue weighted by molar-refractivity contribution is -0.131. The highest BCUT2D eigenvalue weighted by Crippen LogP contribution is 2.41. The fourth-order valence-corrected chi connectivity index (χ4v) is 2.65. The largest absolute Gasteiger partial charge is 0.392 e. The van der Waals surface area contributed by atoms with Gasteiger partial charge in [-0.2, -0.15) is 11.8 Å². The summed E-state index contributed by atoms with van der Waals surface area (Å²) in [7, 11) is 0. The Morgan fingerprint density at radius 2 is 2.27 bits per heavy atom. The van der Waals surface area contributed by atoms with Crippen molar-refractivity contribution in [2.45, 2.75) is 32.2 Å². The molecule has 0 bridgehead atoms. The Morgan fingerprint density at radius 3 is 2.60 bits per heavy atom. The summed E-state index contributed by atoms with van der Waals surface area (Å²) in [6.07, 6.45) is 4.68. The van der Waals surface area contributed by atoms with Gasteiger partial charge < -0.3 is 11.1 Å². The average Bonchev–Trinajstić information content (AvgIpc) is 2.00. The zero-order valence-electron chi connectivity index (χ0n) is 9.21. The van der Waals surface area contributed by atoms with E-state index in [0.717, 1.165) is 25.0 Å². The molecular weight excluding hydrogens is 228 g/mol. The van der Waals surface area contributed by atoms with Crippen LogP contribution in [0.2, 0.25) is 0 Å². The molecule has 86 valence electrons. The molecule has 1 fully saturated rings. The molecular formula is C10H18N2OS2. The molecule has 15 heavy (non-hydrogen) atoms. The van der Waals surface area contributed by atoms with E-state index in [1.807, 2.05) is 13.2 Å². The number of carbonyl (C=O) groups is 1. The number of hydrogen-bond donors (Lipinski definition) is 2. The van der Waals surface area contributed by atoms with Crippen molar-refractivity contribution in [1.29, 1.82) is 0 Å². The third-order valence-electron chi connectivity index (χ3n) is 2.91. The Hall–Kier alpha value is -0.290. The van der Waals surface area contributed by atoms with Gasteiger partial charge in [-0.1, -0.05) is 18.6 Å². The van der Waals surface area contributed by atoms with E-state index in [1.54, 1.807) is 11.8 Å². The van der Waals surface area contributed by atoms with E-state index in [2.05, 4.69) is 5.32 Å². The molecule has 1 aliphatic carbocycles. The van der Waals surface area contributed by atoms with Gasteiger partial charge in [-0.25, -0.2) is 0 Å². The van der Waals surface area contributed by atoms with Crippen molar-refractivity contribution in [3.63, 3.8) is 0 Å². The van der Waals surface area contributed by atoms with Crippen molar-refractivity contribution in [3.05, 3.63) is 0 Å². The maximum absolute atomic E-state index is 12.0. The normalized spacial score (nSPS) is 20.1. The molecule has 1 amide bonds. The van der Waals surface area contributed by atoms with E-state index in [4.69, 9.17) is 18.0 Å². The molecule has 0 radical (unpaired) electrons. The van der Waals surface area contributed by atoms with Crippen LogP contribution in [0.5, 0.6) is 0 Å². The van der Waals surface area contributed by atoms with Crippen LogP contribution in [0.3, 0.4) is 0 Å². The minimum Gasteiger partial charge on any atom is -0.392 e. The van der Waals surface area contributed by atoms with E-state index in [1.165, 1.54) is 0 Å². The van der Waals surface area contributed by atoms with Crippen LogP contribution in [0.25, 0.3) is 0 Å². The van der Waals surface area contributed by atoms with Crippen LogP contribution in [-0.2, 0) is 4.79 Å². The number of nitrogens with one attached hydrogen (secondary N) is 1. The van der Waals surface area contributed by atoms with Crippen molar-refractivity contribution >= 4 is 34.9 Å². The second-order valence-electron chi connectivity index (χ2n) is 4.13. The predicted molar refractivity (Wildman–Crippen MR) is 69.1 cm³/mol. The van der Waals surface area contributed by atoms with Gasteiger partial charge in [0.25, 0.3) is 0 Å². The summed E-state index contributed by atoms with van der Waals surface area (Å²) in [6, 6.07) is 0.180. The molecule has 1 aliphatic rings. The van der Waals surface area contributed by atoms with Gasteiger partial charge in [0.1, 0.15) is 0 Å². The number of thiocarbonyl (C=S) groups is 1. The van der Waals surface area contributed by atoms with Gasteiger partial charge in [0.2, 0.25) is 5.91 Å². The van der Waals surface area contributed by atoms with Gasteiger partial charge in [-0.15, -0.1) is 0 Å². The summed E-state index contributed by atoms with van der Waals surface area (Å²) in [5.41, 5.74) is 5.11. The number of nitrogens with two attached hydrogens (primary N) is 1. The molecule has 1 saturated carbocycles. The first-order valence-electron chi connectivity index (χ1n) is 5.13. The minimum atomic E-state index is -0.540. The van der Waals surface area contributed by atoms with Crippen molar-refractivity contribution in [2.75, 3.05) is 12.0 Å². The third kappa shape index (κ3) is 2.64. The molecule has 0 aromatic rings. The standard InChI is InChI=1S/C10H18N2OS2/c1-7(6-15-2)12-9(13)10(8(11)14)4-3-5-10/h7H,3-6H2,1-2H3,(H2,11,14)(H,12,13). The lowest BCUT2D eigenvalue weighted by Crippen LogP contribution is -2.55. The van der Waals surface area contributed by atoms with Gasteiger partial charge in [0.15, 0.2) is 0 Å². The van der Waals surface area contributed by atoms with E-state index in [-0.39, 0.29) is 11.9 Å². The highest BCUT2D eigenvalue weighted by Gasteiger charge is 2.47. The fraction of sp³-hybridized carbons (Fsp3) is 0.800. The number of rotatable bonds is 5.